The van der Waals surface area contributed by atoms with E-state index < -0.39 is 5.91 Å². The van der Waals surface area contributed by atoms with Crippen molar-refractivity contribution >= 4 is 39.6 Å². The van der Waals surface area contributed by atoms with Crippen molar-refractivity contribution in [3.63, 3.8) is 0 Å². The highest BCUT2D eigenvalue weighted by Crippen LogP contribution is 2.33. The van der Waals surface area contributed by atoms with Gasteiger partial charge in [0.25, 0.3) is 5.91 Å². The summed E-state index contributed by atoms with van der Waals surface area (Å²) in [5.41, 5.74) is 8.13. The second kappa shape index (κ2) is 15.3. The molecule has 0 unspecified atom stereocenters. The van der Waals surface area contributed by atoms with Crippen LogP contribution in [-0.4, -0.2) is 35.8 Å². The van der Waals surface area contributed by atoms with E-state index in [0.29, 0.717) is 39.7 Å². The Morgan fingerprint density at radius 2 is 1.62 bits per heavy atom. The van der Waals surface area contributed by atoms with Gasteiger partial charge >= 0.3 is 5.91 Å². The Morgan fingerprint density at radius 3 is 2.34 bits per heavy atom. The maximum absolute atomic E-state index is 12.7. The number of benzene rings is 3. The van der Waals surface area contributed by atoms with Gasteiger partial charge in [-0.2, -0.15) is 5.10 Å². The number of halogens is 1. The summed E-state index contributed by atoms with van der Waals surface area (Å²) in [6, 6.07) is 26.1. The summed E-state index contributed by atoms with van der Waals surface area (Å²) in [5.74, 6) is 1.26. The highest BCUT2D eigenvalue weighted by atomic mass is 79.9. The minimum absolute atomic E-state index is 0.0939. The number of anilines is 1. The number of furan rings is 1. The topological polar surface area (TPSA) is 116 Å². The molecule has 0 aliphatic rings. The van der Waals surface area contributed by atoms with Gasteiger partial charge < -0.3 is 28.5 Å². The molecule has 242 valence electrons. The largest absolute Gasteiger partial charge is 0.490 e. The number of para-hydroxylation sites is 1. The predicted molar refractivity (Wildman–Crippen MR) is 184 cm³/mol. The number of ether oxygens (including phenoxy) is 3. The van der Waals surface area contributed by atoms with Gasteiger partial charge in [-0.15, -0.1) is 0 Å². The fourth-order valence-corrected chi connectivity index (χ4v) is 5.21. The first-order chi connectivity index (χ1) is 22.7. The van der Waals surface area contributed by atoms with Gasteiger partial charge in [-0.05, 0) is 116 Å². The minimum atomic E-state index is -0.518. The van der Waals surface area contributed by atoms with Gasteiger partial charge in [0.2, 0.25) is 0 Å². The number of carbonyl (C=O) groups is 2. The SMILES string of the molecule is CCOc1cc(/C=N/NC(=O)c2ccc(COc3ccc(-n4c(C)ccc4C)cc3)o2)c(Br)cc1OCC(=O)Nc1ccccc1C. The predicted octanol–water partition coefficient (Wildman–Crippen LogP) is 7.52. The highest BCUT2D eigenvalue weighted by Gasteiger charge is 2.14. The molecule has 2 heterocycles. The summed E-state index contributed by atoms with van der Waals surface area (Å²) in [7, 11) is 0. The third-order valence-electron chi connectivity index (χ3n) is 7.14. The number of amides is 2. The molecule has 0 aliphatic heterocycles. The number of aryl methyl sites for hydroxylation is 3. The van der Waals surface area contributed by atoms with Gasteiger partial charge in [0, 0.05) is 32.8 Å². The molecule has 0 spiro atoms. The van der Waals surface area contributed by atoms with Crippen molar-refractivity contribution in [1.82, 2.24) is 9.99 Å². The average Bonchev–Trinajstić information content (AvgIpc) is 3.68. The van der Waals surface area contributed by atoms with Crippen LogP contribution in [0, 0.1) is 20.8 Å². The van der Waals surface area contributed by atoms with Crippen molar-refractivity contribution in [2.24, 2.45) is 5.10 Å². The maximum atomic E-state index is 12.7. The molecule has 5 rings (SSSR count). The quantitative estimate of drug-likeness (QED) is 0.0971. The van der Waals surface area contributed by atoms with Crippen LogP contribution >= 0.6 is 15.9 Å². The number of aromatic nitrogens is 1. The van der Waals surface area contributed by atoms with Crippen LogP contribution in [0.2, 0.25) is 0 Å². The van der Waals surface area contributed by atoms with E-state index in [4.69, 9.17) is 18.6 Å². The molecule has 2 N–H and O–H groups in total. The zero-order chi connectivity index (χ0) is 33.3. The number of hydrazone groups is 1. The molecule has 0 fully saturated rings. The number of nitrogens with one attached hydrogen (secondary N) is 2. The van der Waals surface area contributed by atoms with E-state index >= 15 is 0 Å². The molecule has 11 heteroatoms. The number of nitrogens with zero attached hydrogens (tertiary/aromatic N) is 2. The summed E-state index contributed by atoms with van der Waals surface area (Å²) in [5, 5.41) is 6.92. The van der Waals surface area contributed by atoms with Crippen LogP contribution in [0.4, 0.5) is 5.69 Å². The van der Waals surface area contributed by atoms with Crippen molar-refractivity contribution in [1.29, 1.82) is 0 Å². The van der Waals surface area contributed by atoms with Crippen LogP contribution in [0.5, 0.6) is 17.2 Å². The van der Waals surface area contributed by atoms with Crippen molar-refractivity contribution in [2.75, 3.05) is 18.5 Å². The lowest BCUT2D eigenvalue weighted by Gasteiger charge is -2.14. The van der Waals surface area contributed by atoms with Crippen LogP contribution in [-0.2, 0) is 11.4 Å². The molecule has 0 aliphatic carbocycles. The first kappa shape index (κ1) is 33.1. The molecular weight excluding hydrogens is 664 g/mol. The number of hydrogen-bond donors (Lipinski definition) is 2. The first-order valence-corrected chi connectivity index (χ1v) is 15.8. The van der Waals surface area contributed by atoms with Crippen LogP contribution in [0.15, 0.2) is 98.9 Å². The highest BCUT2D eigenvalue weighted by molar-refractivity contribution is 9.10. The monoisotopic (exact) mass is 698 g/mol. The van der Waals surface area contributed by atoms with Gasteiger partial charge in [0.15, 0.2) is 23.9 Å². The van der Waals surface area contributed by atoms with E-state index in [1.807, 2.05) is 62.4 Å². The normalized spacial score (nSPS) is 11.0. The Balaban J connectivity index is 1.14. The number of carbonyl (C=O) groups excluding carboxylic acids is 2. The summed E-state index contributed by atoms with van der Waals surface area (Å²) in [6.45, 7) is 8.22. The second-order valence-corrected chi connectivity index (χ2v) is 11.5. The molecule has 47 heavy (non-hydrogen) atoms. The zero-order valence-electron chi connectivity index (χ0n) is 26.5. The molecule has 5 aromatic rings. The fourth-order valence-electron chi connectivity index (χ4n) is 4.79. The Kier molecular flexibility index (Phi) is 10.8. The van der Waals surface area contributed by atoms with Crippen LogP contribution in [0.25, 0.3) is 5.69 Å². The van der Waals surface area contributed by atoms with Gasteiger partial charge in [-0.25, -0.2) is 5.43 Å². The van der Waals surface area contributed by atoms with Crippen molar-refractivity contribution < 1.29 is 28.2 Å². The van der Waals surface area contributed by atoms with Crippen LogP contribution in [0.1, 0.15) is 45.8 Å². The molecule has 3 aromatic carbocycles. The first-order valence-electron chi connectivity index (χ1n) is 15.0. The van der Waals surface area contributed by atoms with Crippen molar-refractivity contribution in [2.45, 2.75) is 34.3 Å². The van der Waals surface area contributed by atoms with E-state index in [-0.39, 0.29) is 24.9 Å². The second-order valence-electron chi connectivity index (χ2n) is 10.6. The van der Waals surface area contributed by atoms with Crippen molar-refractivity contribution in [3.8, 4) is 22.9 Å². The lowest BCUT2D eigenvalue weighted by Crippen LogP contribution is -2.21. The maximum Gasteiger partial charge on any atom is 0.307 e. The Labute approximate surface area is 281 Å². The summed E-state index contributed by atoms with van der Waals surface area (Å²) in [4.78, 5) is 25.2. The third kappa shape index (κ3) is 8.50. The fraction of sp³-hybridized carbons (Fsp3) is 0.194. The van der Waals surface area contributed by atoms with E-state index in [1.165, 1.54) is 6.21 Å². The summed E-state index contributed by atoms with van der Waals surface area (Å²) < 4.78 is 25.8. The van der Waals surface area contributed by atoms with Crippen molar-refractivity contribution in [3.05, 3.63) is 123 Å². The minimum Gasteiger partial charge on any atom is -0.490 e. The summed E-state index contributed by atoms with van der Waals surface area (Å²) in [6.07, 6.45) is 1.46. The van der Waals surface area contributed by atoms with E-state index in [9.17, 15) is 9.59 Å². The molecule has 10 nitrogen and oxygen atoms in total. The standard InChI is InChI=1S/C36H35BrN4O6/c1-5-44-33-18-26(30(37)19-34(33)46-22-35(42)39-31-9-7-6-8-23(31)2)20-38-40-36(43)32-17-16-29(47-32)21-45-28-14-12-27(13-15-28)41-24(3)10-11-25(41)4/h6-20H,5,21-22H2,1-4H3,(H,39,42)(H,40,43)/b38-20+. The Bertz CT molecular complexity index is 1870. The van der Waals surface area contributed by atoms with Gasteiger partial charge in [0.05, 0.1) is 12.8 Å². The Hall–Kier alpha value is -5.29. The molecule has 0 saturated heterocycles. The lowest BCUT2D eigenvalue weighted by molar-refractivity contribution is -0.118. The van der Waals surface area contributed by atoms with E-state index in [0.717, 1.165) is 28.3 Å². The van der Waals surface area contributed by atoms with E-state index in [2.05, 4.69) is 62.3 Å². The number of hydrogen-bond acceptors (Lipinski definition) is 7. The Morgan fingerprint density at radius 1 is 0.894 bits per heavy atom. The van der Waals surface area contributed by atoms with Gasteiger partial charge in [-0.1, -0.05) is 18.2 Å². The smallest absolute Gasteiger partial charge is 0.307 e. The summed E-state index contributed by atoms with van der Waals surface area (Å²) >= 11 is 3.50. The van der Waals surface area contributed by atoms with Gasteiger partial charge in [-0.3, -0.25) is 9.59 Å². The molecule has 2 amide bonds. The molecule has 0 bridgehead atoms. The molecule has 2 aromatic heterocycles. The molecular formula is C36H35BrN4O6. The van der Waals surface area contributed by atoms with Gasteiger partial charge in [0.1, 0.15) is 18.1 Å². The van der Waals surface area contributed by atoms with Crippen LogP contribution < -0.4 is 25.0 Å². The van der Waals surface area contributed by atoms with E-state index in [1.54, 1.807) is 24.3 Å². The molecule has 0 atom stereocenters. The molecule has 0 saturated carbocycles. The molecule has 0 radical (unpaired) electrons. The zero-order valence-corrected chi connectivity index (χ0v) is 28.1. The average molecular weight is 700 g/mol. The van der Waals surface area contributed by atoms with Crippen LogP contribution in [0.3, 0.4) is 0 Å². The lowest BCUT2D eigenvalue weighted by atomic mass is 10.2. The number of rotatable bonds is 13. The third-order valence-corrected chi connectivity index (χ3v) is 7.83.